The first-order valence-corrected chi connectivity index (χ1v) is 7.24. The van der Waals surface area contributed by atoms with Gasteiger partial charge in [0, 0.05) is 18.8 Å². The summed E-state index contributed by atoms with van der Waals surface area (Å²) in [5.74, 6) is 0.733. The van der Waals surface area contributed by atoms with Gasteiger partial charge in [-0.3, -0.25) is 4.79 Å². The summed E-state index contributed by atoms with van der Waals surface area (Å²) in [6.45, 7) is 7.35. The van der Waals surface area contributed by atoms with E-state index in [-0.39, 0.29) is 24.6 Å². The van der Waals surface area contributed by atoms with Crippen LogP contribution in [0.25, 0.3) is 0 Å². The maximum Gasteiger partial charge on any atom is 0.245 e. The number of morpholine rings is 1. The van der Waals surface area contributed by atoms with E-state index in [0.29, 0.717) is 19.8 Å². The van der Waals surface area contributed by atoms with Crippen molar-refractivity contribution in [2.45, 2.75) is 39.5 Å². The van der Waals surface area contributed by atoms with Crippen LogP contribution in [-0.4, -0.2) is 47.8 Å². The van der Waals surface area contributed by atoms with Gasteiger partial charge in [0.15, 0.2) is 0 Å². The number of nitrogens with one attached hydrogen (secondary N) is 1. The Morgan fingerprint density at radius 2 is 2.38 bits per heavy atom. The van der Waals surface area contributed by atoms with Gasteiger partial charge in [0.2, 0.25) is 5.91 Å². The van der Waals surface area contributed by atoms with E-state index in [4.69, 9.17) is 9.84 Å². The molecule has 0 aromatic carbocycles. The van der Waals surface area contributed by atoms with Crippen LogP contribution in [0.15, 0.2) is 12.3 Å². The quantitative estimate of drug-likeness (QED) is 0.851. The highest BCUT2D eigenvalue weighted by molar-refractivity contribution is 5.85. The molecule has 6 heteroatoms. The molecule has 0 bridgehead atoms. The summed E-state index contributed by atoms with van der Waals surface area (Å²) in [4.78, 5) is 18.7. The number of hydrogen-bond donors (Lipinski definition) is 2. The standard InChI is InChI=1S/C15H23N3O3/c1-10(2)17-15(20)13-9-21-5-4-18(13)14-11(3)6-12(8-19)7-16-14/h6-7,10,13,19H,4-5,8-9H2,1-3H3,(H,17,20). The van der Waals surface area contributed by atoms with Crippen LogP contribution in [0.2, 0.25) is 0 Å². The summed E-state index contributed by atoms with van der Waals surface area (Å²) in [6.07, 6.45) is 1.65. The lowest BCUT2D eigenvalue weighted by Gasteiger charge is -2.36. The summed E-state index contributed by atoms with van der Waals surface area (Å²) < 4.78 is 5.45. The zero-order valence-corrected chi connectivity index (χ0v) is 12.8. The largest absolute Gasteiger partial charge is 0.392 e. The number of carbonyl (C=O) groups is 1. The molecule has 0 saturated carbocycles. The van der Waals surface area contributed by atoms with E-state index in [2.05, 4.69) is 10.3 Å². The monoisotopic (exact) mass is 293 g/mol. The molecule has 6 nitrogen and oxygen atoms in total. The summed E-state index contributed by atoms with van der Waals surface area (Å²) in [5.41, 5.74) is 1.72. The Hall–Kier alpha value is -1.66. The van der Waals surface area contributed by atoms with Gasteiger partial charge in [-0.2, -0.15) is 0 Å². The zero-order valence-electron chi connectivity index (χ0n) is 12.8. The molecule has 116 valence electrons. The van der Waals surface area contributed by atoms with Crippen LogP contribution in [0.5, 0.6) is 0 Å². The molecule has 2 rings (SSSR count). The molecule has 2 heterocycles. The fraction of sp³-hybridized carbons (Fsp3) is 0.600. The highest BCUT2D eigenvalue weighted by Gasteiger charge is 2.31. The topological polar surface area (TPSA) is 74.7 Å². The number of nitrogens with zero attached hydrogens (tertiary/aromatic N) is 2. The van der Waals surface area contributed by atoms with Crippen molar-refractivity contribution in [1.82, 2.24) is 10.3 Å². The highest BCUT2D eigenvalue weighted by Crippen LogP contribution is 2.22. The Kier molecular flexibility index (Phi) is 5.14. The number of anilines is 1. The van der Waals surface area contributed by atoms with Gasteiger partial charge in [-0.1, -0.05) is 0 Å². The molecule has 0 aliphatic carbocycles. The lowest BCUT2D eigenvalue weighted by Crippen LogP contribution is -2.55. The van der Waals surface area contributed by atoms with Gasteiger partial charge < -0.3 is 20.1 Å². The molecule has 1 fully saturated rings. The number of rotatable bonds is 4. The predicted octanol–water partition coefficient (Wildman–Crippen LogP) is 0.612. The van der Waals surface area contributed by atoms with E-state index in [1.165, 1.54) is 0 Å². The molecule has 1 unspecified atom stereocenters. The molecule has 1 aromatic rings. The van der Waals surface area contributed by atoms with E-state index >= 15 is 0 Å². The van der Waals surface area contributed by atoms with Crippen molar-refractivity contribution in [3.8, 4) is 0 Å². The lowest BCUT2D eigenvalue weighted by atomic mass is 10.1. The fourth-order valence-electron chi connectivity index (χ4n) is 2.47. The molecule has 1 saturated heterocycles. The number of hydrogen-bond acceptors (Lipinski definition) is 5. The summed E-state index contributed by atoms with van der Waals surface area (Å²) in [7, 11) is 0. The molecular formula is C15H23N3O3. The molecule has 2 N–H and O–H groups in total. The number of amides is 1. The van der Waals surface area contributed by atoms with Crippen LogP contribution < -0.4 is 10.2 Å². The Morgan fingerprint density at radius 1 is 1.62 bits per heavy atom. The first-order chi connectivity index (χ1) is 10.0. The van der Waals surface area contributed by atoms with Crippen molar-refractivity contribution in [3.63, 3.8) is 0 Å². The third kappa shape index (κ3) is 3.71. The van der Waals surface area contributed by atoms with E-state index in [9.17, 15) is 4.79 Å². The van der Waals surface area contributed by atoms with Gasteiger partial charge in [0.1, 0.15) is 11.9 Å². The van der Waals surface area contributed by atoms with E-state index in [1.807, 2.05) is 31.7 Å². The van der Waals surface area contributed by atoms with Crippen LogP contribution in [0.4, 0.5) is 5.82 Å². The van der Waals surface area contributed by atoms with Gasteiger partial charge in [0.25, 0.3) is 0 Å². The molecule has 1 amide bonds. The minimum Gasteiger partial charge on any atom is -0.392 e. The molecule has 0 spiro atoms. The Bertz CT molecular complexity index is 505. The lowest BCUT2D eigenvalue weighted by molar-refractivity contribution is -0.125. The zero-order chi connectivity index (χ0) is 15.4. The van der Waals surface area contributed by atoms with Gasteiger partial charge in [-0.15, -0.1) is 0 Å². The van der Waals surface area contributed by atoms with Crippen LogP contribution in [0.1, 0.15) is 25.0 Å². The minimum atomic E-state index is -0.368. The normalized spacial score (nSPS) is 18.9. The number of aryl methyl sites for hydroxylation is 1. The van der Waals surface area contributed by atoms with Crippen LogP contribution in [0, 0.1) is 6.92 Å². The predicted molar refractivity (Wildman–Crippen MR) is 80.1 cm³/mol. The van der Waals surface area contributed by atoms with Crippen molar-refractivity contribution in [1.29, 1.82) is 0 Å². The van der Waals surface area contributed by atoms with Crippen LogP contribution in [-0.2, 0) is 16.1 Å². The van der Waals surface area contributed by atoms with Crippen molar-refractivity contribution >= 4 is 11.7 Å². The highest BCUT2D eigenvalue weighted by atomic mass is 16.5. The number of aliphatic hydroxyl groups excluding tert-OH is 1. The number of carbonyl (C=O) groups excluding carboxylic acids is 1. The first-order valence-electron chi connectivity index (χ1n) is 7.24. The van der Waals surface area contributed by atoms with E-state index in [0.717, 1.165) is 16.9 Å². The minimum absolute atomic E-state index is 0.0332. The first kappa shape index (κ1) is 15.7. The van der Waals surface area contributed by atoms with Crippen molar-refractivity contribution in [2.24, 2.45) is 0 Å². The van der Waals surface area contributed by atoms with Crippen molar-refractivity contribution in [2.75, 3.05) is 24.7 Å². The summed E-state index contributed by atoms with van der Waals surface area (Å²) in [6, 6.07) is 1.62. The third-order valence-electron chi connectivity index (χ3n) is 3.42. The van der Waals surface area contributed by atoms with Gasteiger partial charge in [-0.05, 0) is 38.0 Å². The second kappa shape index (κ2) is 6.87. The molecule has 1 aromatic heterocycles. The molecule has 0 radical (unpaired) electrons. The number of aliphatic hydroxyl groups is 1. The van der Waals surface area contributed by atoms with E-state index in [1.54, 1.807) is 6.20 Å². The molecule has 1 aliphatic rings. The summed E-state index contributed by atoms with van der Waals surface area (Å²) >= 11 is 0. The number of ether oxygens (including phenoxy) is 1. The SMILES string of the molecule is Cc1cc(CO)cnc1N1CCOCC1C(=O)NC(C)C. The van der Waals surface area contributed by atoms with Crippen LogP contribution >= 0.6 is 0 Å². The molecule has 21 heavy (non-hydrogen) atoms. The maximum atomic E-state index is 12.3. The molecule has 1 atom stereocenters. The van der Waals surface area contributed by atoms with Gasteiger partial charge in [0.05, 0.1) is 19.8 Å². The van der Waals surface area contributed by atoms with Gasteiger partial charge in [-0.25, -0.2) is 4.98 Å². The maximum absolute atomic E-state index is 12.3. The number of pyridine rings is 1. The van der Waals surface area contributed by atoms with Gasteiger partial charge >= 0.3 is 0 Å². The Morgan fingerprint density at radius 3 is 3.00 bits per heavy atom. The Labute approximate surface area is 125 Å². The van der Waals surface area contributed by atoms with E-state index < -0.39 is 0 Å². The van der Waals surface area contributed by atoms with Crippen molar-refractivity contribution in [3.05, 3.63) is 23.4 Å². The van der Waals surface area contributed by atoms with Crippen LogP contribution in [0.3, 0.4) is 0 Å². The Balaban J connectivity index is 2.24. The fourth-order valence-corrected chi connectivity index (χ4v) is 2.47. The second-order valence-corrected chi connectivity index (χ2v) is 5.59. The number of aromatic nitrogens is 1. The molecule has 1 aliphatic heterocycles. The average molecular weight is 293 g/mol. The summed E-state index contributed by atoms with van der Waals surface area (Å²) in [5, 5.41) is 12.1. The smallest absolute Gasteiger partial charge is 0.245 e. The third-order valence-corrected chi connectivity index (χ3v) is 3.42. The molecular weight excluding hydrogens is 270 g/mol. The average Bonchev–Trinajstić information content (AvgIpc) is 2.46. The second-order valence-electron chi connectivity index (χ2n) is 5.59. The van der Waals surface area contributed by atoms with Crippen molar-refractivity contribution < 1.29 is 14.6 Å².